The van der Waals surface area contributed by atoms with Crippen molar-refractivity contribution in [3.8, 4) is 11.8 Å². The van der Waals surface area contributed by atoms with Crippen LogP contribution in [0.15, 0.2) is 24.4 Å². The molecule has 2 rings (SSSR count). The van der Waals surface area contributed by atoms with Gasteiger partial charge in [-0.25, -0.2) is 0 Å². The van der Waals surface area contributed by atoms with Gasteiger partial charge in [-0.1, -0.05) is 6.07 Å². The third-order valence-corrected chi connectivity index (χ3v) is 2.06. The summed E-state index contributed by atoms with van der Waals surface area (Å²) in [5.41, 5.74) is 1.56. The number of phenols is 1. The highest BCUT2D eigenvalue weighted by molar-refractivity contribution is 5.86. The second-order valence-electron chi connectivity index (χ2n) is 2.85. The second kappa shape index (κ2) is 2.83. The van der Waals surface area contributed by atoms with Crippen LogP contribution in [-0.4, -0.2) is 10.1 Å². The molecule has 0 amide bonds. The van der Waals surface area contributed by atoms with Crippen LogP contribution in [0.25, 0.3) is 10.9 Å². The van der Waals surface area contributed by atoms with Crippen molar-refractivity contribution in [1.82, 2.24) is 4.98 Å². The fourth-order valence-corrected chi connectivity index (χ4v) is 1.39. The molecule has 2 aromatic rings. The number of aromatic amines is 1. The highest BCUT2D eigenvalue weighted by Crippen LogP contribution is 2.27. The fraction of sp³-hybridized carbons (Fsp3) is 0.100. The molecule has 0 aliphatic carbocycles. The number of aromatic hydroxyl groups is 1. The zero-order valence-electron chi connectivity index (χ0n) is 6.91. The third kappa shape index (κ3) is 1.13. The molecule has 0 aliphatic rings. The molecule has 0 atom stereocenters. The average Bonchev–Trinajstić information content (AvgIpc) is 2.58. The lowest BCUT2D eigenvalue weighted by Gasteiger charge is -2.00. The van der Waals surface area contributed by atoms with Gasteiger partial charge in [0.1, 0.15) is 5.75 Å². The SMILES string of the molecule is N#CCc1ccc2[nH]ccc2c1O. The molecule has 64 valence electrons. The van der Waals surface area contributed by atoms with Crippen molar-refractivity contribution in [2.24, 2.45) is 0 Å². The van der Waals surface area contributed by atoms with Gasteiger partial charge in [0.2, 0.25) is 0 Å². The maximum absolute atomic E-state index is 9.70. The van der Waals surface area contributed by atoms with Crippen molar-refractivity contribution in [3.63, 3.8) is 0 Å². The first-order valence-electron chi connectivity index (χ1n) is 3.98. The fourth-order valence-electron chi connectivity index (χ4n) is 1.39. The molecule has 1 aromatic carbocycles. The lowest BCUT2D eigenvalue weighted by Crippen LogP contribution is -1.82. The number of aromatic nitrogens is 1. The van der Waals surface area contributed by atoms with Crippen LogP contribution in [0.4, 0.5) is 0 Å². The Labute approximate surface area is 75.2 Å². The molecule has 2 N–H and O–H groups in total. The number of benzene rings is 1. The molecule has 0 bridgehead atoms. The predicted octanol–water partition coefficient (Wildman–Crippen LogP) is 1.94. The van der Waals surface area contributed by atoms with Crippen LogP contribution in [0.5, 0.6) is 5.75 Å². The summed E-state index contributed by atoms with van der Waals surface area (Å²) in [6.07, 6.45) is 2.01. The van der Waals surface area contributed by atoms with E-state index in [2.05, 4.69) is 4.98 Å². The van der Waals surface area contributed by atoms with Gasteiger partial charge in [0, 0.05) is 22.7 Å². The molecule has 0 saturated heterocycles. The third-order valence-electron chi connectivity index (χ3n) is 2.06. The summed E-state index contributed by atoms with van der Waals surface area (Å²) in [7, 11) is 0. The first-order valence-corrected chi connectivity index (χ1v) is 3.98. The number of nitrogens with zero attached hydrogens (tertiary/aromatic N) is 1. The molecule has 3 nitrogen and oxygen atoms in total. The van der Waals surface area contributed by atoms with Crippen LogP contribution in [-0.2, 0) is 6.42 Å². The average molecular weight is 172 g/mol. The van der Waals surface area contributed by atoms with Crippen LogP contribution in [0.1, 0.15) is 5.56 Å². The zero-order chi connectivity index (χ0) is 9.26. The second-order valence-corrected chi connectivity index (χ2v) is 2.85. The number of phenolic OH excluding ortho intramolecular Hbond substituents is 1. The Kier molecular flexibility index (Phi) is 1.67. The Morgan fingerprint density at radius 2 is 2.23 bits per heavy atom. The Balaban J connectivity index is 2.67. The van der Waals surface area contributed by atoms with Gasteiger partial charge in [-0.2, -0.15) is 5.26 Å². The number of hydrogen-bond donors (Lipinski definition) is 2. The lowest BCUT2D eigenvalue weighted by atomic mass is 10.1. The van der Waals surface area contributed by atoms with E-state index in [-0.39, 0.29) is 12.2 Å². The quantitative estimate of drug-likeness (QED) is 0.690. The van der Waals surface area contributed by atoms with E-state index in [0.29, 0.717) is 5.56 Å². The predicted molar refractivity (Wildman–Crippen MR) is 49.3 cm³/mol. The van der Waals surface area contributed by atoms with Crippen LogP contribution in [0.3, 0.4) is 0 Å². The first-order chi connectivity index (χ1) is 6.33. The van der Waals surface area contributed by atoms with Gasteiger partial charge in [0.15, 0.2) is 0 Å². The van der Waals surface area contributed by atoms with Gasteiger partial charge in [-0.3, -0.25) is 0 Å². The topological polar surface area (TPSA) is 59.8 Å². The molecule has 13 heavy (non-hydrogen) atoms. The van der Waals surface area contributed by atoms with Gasteiger partial charge in [0.25, 0.3) is 0 Å². The monoisotopic (exact) mass is 172 g/mol. The van der Waals surface area contributed by atoms with E-state index in [4.69, 9.17) is 5.26 Å². The highest BCUT2D eigenvalue weighted by atomic mass is 16.3. The van der Waals surface area contributed by atoms with E-state index in [1.807, 2.05) is 12.1 Å². The Morgan fingerprint density at radius 3 is 3.00 bits per heavy atom. The van der Waals surface area contributed by atoms with Crippen molar-refractivity contribution in [3.05, 3.63) is 30.0 Å². The molecule has 1 heterocycles. The van der Waals surface area contributed by atoms with Crippen LogP contribution >= 0.6 is 0 Å². The summed E-state index contributed by atoms with van der Waals surface area (Å²) in [5, 5.41) is 19.0. The summed E-state index contributed by atoms with van der Waals surface area (Å²) >= 11 is 0. The summed E-state index contributed by atoms with van der Waals surface area (Å²) < 4.78 is 0. The number of rotatable bonds is 1. The van der Waals surface area contributed by atoms with E-state index in [0.717, 1.165) is 10.9 Å². The van der Waals surface area contributed by atoms with E-state index in [1.165, 1.54) is 0 Å². The molecule has 0 spiro atoms. The van der Waals surface area contributed by atoms with Crippen LogP contribution < -0.4 is 0 Å². The van der Waals surface area contributed by atoms with Crippen molar-refractivity contribution in [2.75, 3.05) is 0 Å². The minimum absolute atomic E-state index is 0.209. The molecule has 0 unspecified atom stereocenters. The summed E-state index contributed by atoms with van der Waals surface area (Å²) in [5.74, 6) is 0.209. The molecule has 0 fully saturated rings. The normalized spacial score (nSPS) is 10.1. The first kappa shape index (κ1) is 7.69. The van der Waals surface area contributed by atoms with Crippen molar-refractivity contribution in [2.45, 2.75) is 6.42 Å². The molecular formula is C10H8N2O. The van der Waals surface area contributed by atoms with Crippen LogP contribution in [0.2, 0.25) is 0 Å². The molecule has 1 aromatic heterocycles. The maximum Gasteiger partial charge on any atom is 0.129 e. The van der Waals surface area contributed by atoms with Gasteiger partial charge < -0.3 is 10.1 Å². The number of nitrogens with one attached hydrogen (secondary N) is 1. The van der Waals surface area contributed by atoms with Crippen molar-refractivity contribution in [1.29, 1.82) is 5.26 Å². The van der Waals surface area contributed by atoms with E-state index in [9.17, 15) is 5.11 Å². The minimum atomic E-state index is 0.209. The molecule has 0 saturated carbocycles. The number of H-pyrrole nitrogens is 1. The van der Waals surface area contributed by atoms with Gasteiger partial charge in [-0.05, 0) is 12.1 Å². The van der Waals surface area contributed by atoms with E-state index < -0.39 is 0 Å². The van der Waals surface area contributed by atoms with Crippen molar-refractivity contribution >= 4 is 10.9 Å². The van der Waals surface area contributed by atoms with Gasteiger partial charge in [0.05, 0.1) is 12.5 Å². The Morgan fingerprint density at radius 1 is 1.38 bits per heavy atom. The van der Waals surface area contributed by atoms with E-state index >= 15 is 0 Å². The molecular weight excluding hydrogens is 164 g/mol. The Hall–Kier alpha value is -1.95. The highest BCUT2D eigenvalue weighted by Gasteiger charge is 2.05. The van der Waals surface area contributed by atoms with Crippen molar-refractivity contribution < 1.29 is 5.11 Å². The number of hydrogen-bond acceptors (Lipinski definition) is 2. The van der Waals surface area contributed by atoms with Gasteiger partial charge >= 0.3 is 0 Å². The van der Waals surface area contributed by atoms with Crippen LogP contribution in [0, 0.1) is 11.3 Å². The standard InChI is InChI=1S/C10H8N2O/c11-5-3-7-1-2-9-8(10(7)13)4-6-12-9/h1-2,4,6,12-13H,3H2. The van der Waals surface area contributed by atoms with Gasteiger partial charge in [-0.15, -0.1) is 0 Å². The molecule has 0 radical (unpaired) electrons. The summed E-state index contributed by atoms with van der Waals surface area (Å²) in [6.45, 7) is 0. The number of fused-ring (bicyclic) bond motifs is 1. The lowest BCUT2D eigenvalue weighted by molar-refractivity contribution is 0.476. The molecule has 0 aliphatic heterocycles. The molecule has 3 heteroatoms. The smallest absolute Gasteiger partial charge is 0.129 e. The zero-order valence-corrected chi connectivity index (χ0v) is 6.91. The minimum Gasteiger partial charge on any atom is -0.507 e. The van der Waals surface area contributed by atoms with E-state index in [1.54, 1.807) is 18.3 Å². The largest absolute Gasteiger partial charge is 0.507 e. The maximum atomic E-state index is 9.70. The Bertz CT molecular complexity index is 479. The summed E-state index contributed by atoms with van der Waals surface area (Å²) in [6, 6.07) is 7.43. The number of nitriles is 1. The summed E-state index contributed by atoms with van der Waals surface area (Å²) in [4.78, 5) is 2.99.